The first-order valence-corrected chi connectivity index (χ1v) is 9.03. The van der Waals surface area contributed by atoms with E-state index in [0.29, 0.717) is 4.58 Å². The van der Waals surface area contributed by atoms with Crippen LogP contribution in [0.15, 0.2) is 58.3 Å². The number of benzene rings is 2. The molecule has 0 aliphatic rings. The Morgan fingerprint density at radius 1 is 0.800 bits per heavy atom. The van der Waals surface area contributed by atoms with Crippen LogP contribution in [0.3, 0.4) is 0 Å². The zero-order chi connectivity index (χ0) is 14.4. The van der Waals surface area contributed by atoms with E-state index in [4.69, 9.17) is 23.2 Å². The summed E-state index contributed by atoms with van der Waals surface area (Å²) < 4.78 is 0.502. The molecule has 0 spiro atoms. The second-order valence-corrected chi connectivity index (χ2v) is 8.09. The van der Waals surface area contributed by atoms with E-state index in [1.807, 2.05) is 47.8 Å². The lowest BCUT2D eigenvalue weighted by Crippen LogP contribution is -1.96. The Morgan fingerprint density at radius 3 is 1.55 bits per heavy atom. The zero-order valence-electron chi connectivity index (χ0n) is 11.2. The maximum atomic E-state index is 5.93. The van der Waals surface area contributed by atoms with Crippen molar-refractivity contribution in [1.29, 1.82) is 0 Å². The molecule has 0 saturated carbocycles. The van der Waals surface area contributed by atoms with Crippen molar-refractivity contribution < 1.29 is 0 Å². The number of rotatable bonds is 6. The first-order valence-electron chi connectivity index (χ1n) is 6.52. The lowest BCUT2D eigenvalue weighted by atomic mass is 10.4. The molecule has 106 valence electrons. The van der Waals surface area contributed by atoms with E-state index in [1.165, 1.54) is 22.6 Å². The van der Waals surface area contributed by atoms with Gasteiger partial charge in [0.05, 0.1) is 4.58 Å². The Bertz CT molecular complexity index is 476. The highest BCUT2D eigenvalue weighted by Gasteiger charge is 2.11. The summed E-state index contributed by atoms with van der Waals surface area (Å²) in [6.45, 7) is 2.22. The molecule has 0 N–H and O–H groups in total. The summed E-state index contributed by atoms with van der Waals surface area (Å²) in [6.07, 6.45) is 2.34. The van der Waals surface area contributed by atoms with Gasteiger partial charge in [-0.3, -0.25) is 0 Å². The fourth-order valence-corrected chi connectivity index (χ4v) is 4.72. The molecule has 0 aliphatic carbocycles. The van der Waals surface area contributed by atoms with Crippen molar-refractivity contribution in [3.63, 3.8) is 0 Å². The molecule has 4 heteroatoms. The van der Waals surface area contributed by atoms with Crippen LogP contribution < -0.4 is 0 Å². The van der Waals surface area contributed by atoms with Crippen molar-refractivity contribution in [2.45, 2.75) is 34.1 Å². The molecule has 0 radical (unpaired) electrons. The molecule has 0 heterocycles. The van der Waals surface area contributed by atoms with Gasteiger partial charge in [0, 0.05) is 19.8 Å². The summed E-state index contributed by atoms with van der Waals surface area (Å²) in [4.78, 5) is 2.52. The molecule has 0 atom stereocenters. The van der Waals surface area contributed by atoms with E-state index in [0.717, 1.165) is 10.0 Å². The third-order valence-electron chi connectivity index (χ3n) is 2.69. The van der Waals surface area contributed by atoms with Crippen molar-refractivity contribution in [3.8, 4) is 0 Å². The average Bonchev–Trinajstić information content (AvgIpc) is 2.44. The minimum Gasteiger partial charge on any atom is -0.111 e. The molecule has 0 saturated heterocycles. The highest BCUT2D eigenvalue weighted by Crippen LogP contribution is 2.38. The van der Waals surface area contributed by atoms with Crippen LogP contribution in [-0.2, 0) is 0 Å². The fourth-order valence-electron chi connectivity index (χ4n) is 1.71. The van der Waals surface area contributed by atoms with Crippen molar-refractivity contribution in [2.24, 2.45) is 0 Å². The van der Waals surface area contributed by atoms with Crippen LogP contribution in [0.1, 0.15) is 19.8 Å². The van der Waals surface area contributed by atoms with E-state index in [9.17, 15) is 0 Å². The Morgan fingerprint density at radius 2 is 1.20 bits per heavy atom. The van der Waals surface area contributed by atoms with Gasteiger partial charge in [-0.2, -0.15) is 0 Å². The standard InChI is InChI=1S/C16H16Cl2S2/c1-2-3-16(19-14-8-4-12(17)5-9-14)20-15-10-6-13(18)7-11-15/h4-11,16H,2-3H2,1H3. The van der Waals surface area contributed by atoms with E-state index < -0.39 is 0 Å². The molecule has 0 bridgehead atoms. The Hall–Kier alpha value is -0.280. The summed E-state index contributed by atoms with van der Waals surface area (Å²) in [5.41, 5.74) is 0. The lowest BCUT2D eigenvalue weighted by molar-refractivity contribution is 0.869. The van der Waals surface area contributed by atoms with E-state index in [-0.39, 0.29) is 0 Å². The monoisotopic (exact) mass is 342 g/mol. The van der Waals surface area contributed by atoms with Gasteiger partial charge < -0.3 is 0 Å². The van der Waals surface area contributed by atoms with Crippen molar-refractivity contribution in [2.75, 3.05) is 0 Å². The van der Waals surface area contributed by atoms with Gasteiger partial charge in [0.1, 0.15) is 0 Å². The quantitative estimate of drug-likeness (QED) is 0.409. The molecule has 0 fully saturated rings. The molecular weight excluding hydrogens is 327 g/mol. The van der Waals surface area contributed by atoms with Gasteiger partial charge in [-0.05, 0) is 55.0 Å². The molecule has 2 aromatic rings. The molecule has 0 nitrogen and oxygen atoms in total. The average molecular weight is 343 g/mol. The summed E-state index contributed by atoms with van der Waals surface area (Å²) in [7, 11) is 0. The fraction of sp³-hybridized carbons (Fsp3) is 0.250. The van der Waals surface area contributed by atoms with Crippen molar-refractivity contribution >= 4 is 46.7 Å². The minimum absolute atomic E-state index is 0.502. The molecule has 2 rings (SSSR count). The van der Waals surface area contributed by atoms with Crippen LogP contribution in [0.25, 0.3) is 0 Å². The SMILES string of the molecule is CCCC(Sc1ccc(Cl)cc1)Sc1ccc(Cl)cc1. The van der Waals surface area contributed by atoms with Crippen molar-refractivity contribution in [1.82, 2.24) is 0 Å². The first-order chi connectivity index (χ1) is 9.67. The molecule has 0 unspecified atom stereocenters. The number of hydrogen-bond donors (Lipinski definition) is 0. The molecule has 2 aromatic carbocycles. The number of halogens is 2. The van der Waals surface area contributed by atoms with Crippen LogP contribution in [0, 0.1) is 0 Å². The second kappa shape index (κ2) is 8.23. The van der Waals surface area contributed by atoms with E-state index in [1.54, 1.807) is 0 Å². The predicted octanol–water partition coefficient (Wildman–Crippen LogP) is 7.00. The highest BCUT2D eigenvalue weighted by atomic mass is 35.5. The topological polar surface area (TPSA) is 0 Å². The molecular formula is C16H16Cl2S2. The predicted molar refractivity (Wildman–Crippen MR) is 93.3 cm³/mol. The Kier molecular flexibility index (Phi) is 6.63. The lowest BCUT2D eigenvalue weighted by Gasteiger charge is -2.15. The van der Waals surface area contributed by atoms with Crippen molar-refractivity contribution in [3.05, 3.63) is 58.6 Å². The van der Waals surface area contributed by atoms with Crippen LogP contribution >= 0.6 is 46.7 Å². The van der Waals surface area contributed by atoms with Crippen LogP contribution in [0.2, 0.25) is 10.0 Å². The summed E-state index contributed by atoms with van der Waals surface area (Å²) in [5, 5.41) is 1.57. The van der Waals surface area contributed by atoms with Crippen LogP contribution in [0.4, 0.5) is 0 Å². The van der Waals surface area contributed by atoms with E-state index in [2.05, 4.69) is 31.2 Å². The van der Waals surface area contributed by atoms with Gasteiger partial charge in [0.2, 0.25) is 0 Å². The maximum absolute atomic E-state index is 5.93. The van der Waals surface area contributed by atoms with E-state index >= 15 is 0 Å². The van der Waals surface area contributed by atoms with Crippen LogP contribution in [0.5, 0.6) is 0 Å². The minimum atomic E-state index is 0.502. The second-order valence-electron chi connectivity index (χ2n) is 4.36. The van der Waals surface area contributed by atoms with Crippen LogP contribution in [-0.4, -0.2) is 4.58 Å². The zero-order valence-corrected chi connectivity index (χ0v) is 14.3. The Balaban J connectivity index is 2.02. The summed E-state index contributed by atoms with van der Waals surface area (Å²) in [6, 6.07) is 16.1. The Labute approximate surface area is 139 Å². The molecule has 0 aromatic heterocycles. The number of thioether (sulfide) groups is 2. The smallest absolute Gasteiger partial charge is 0.0596 e. The molecule has 20 heavy (non-hydrogen) atoms. The summed E-state index contributed by atoms with van der Waals surface area (Å²) in [5.74, 6) is 0. The van der Waals surface area contributed by atoms with Gasteiger partial charge in [-0.15, -0.1) is 23.5 Å². The first kappa shape index (κ1) is 16.1. The summed E-state index contributed by atoms with van der Waals surface area (Å²) >= 11 is 15.6. The van der Waals surface area contributed by atoms with Gasteiger partial charge in [0.25, 0.3) is 0 Å². The largest absolute Gasteiger partial charge is 0.111 e. The normalized spacial score (nSPS) is 11.0. The third kappa shape index (κ3) is 5.25. The van der Waals surface area contributed by atoms with Gasteiger partial charge in [0.15, 0.2) is 0 Å². The molecule has 0 amide bonds. The van der Waals surface area contributed by atoms with Gasteiger partial charge in [-0.25, -0.2) is 0 Å². The van der Waals surface area contributed by atoms with Gasteiger partial charge in [-0.1, -0.05) is 36.5 Å². The third-order valence-corrected chi connectivity index (χ3v) is 5.85. The number of hydrogen-bond acceptors (Lipinski definition) is 2. The maximum Gasteiger partial charge on any atom is 0.0596 e. The van der Waals surface area contributed by atoms with Gasteiger partial charge >= 0.3 is 0 Å². The molecule has 0 aliphatic heterocycles. The highest BCUT2D eigenvalue weighted by molar-refractivity contribution is 8.17.